The Morgan fingerprint density at radius 3 is 2.72 bits per heavy atom. The standard InChI is InChI=1S/C22H16ClFN4O2S2/c1-30-14-7-5-13(6-8-14)11-27-20(29)19-18(9-10-31-19)28-21(27)25-26-22(28)32-12-15-16(23)3-2-4-17(15)24/h2-10H,11-12H2,1H3. The number of ether oxygens (including phenoxy) is 1. The second kappa shape index (κ2) is 8.57. The maximum atomic E-state index is 14.2. The van der Waals surface area contributed by atoms with Crippen LogP contribution in [0.25, 0.3) is 16.0 Å². The number of halogens is 2. The fourth-order valence-corrected chi connectivity index (χ4v) is 5.56. The molecule has 0 spiro atoms. The molecule has 0 aliphatic rings. The van der Waals surface area contributed by atoms with E-state index < -0.39 is 0 Å². The average Bonchev–Trinajstić information content (AvgIpc) is 3.44. The summed E-state index contributed by atoms with van der Waals surface area (Å²) < 4.78 is 23.5. The lowest BCUT2D eigenvalue weighted by atomic mass is 10.2. The van der Waals surface area contributed by atoms with E-state index in [4.69, 9.17) is 16.3 Å². The van der Waals surface area contributed by atoms with Gasteiger partial charge in [-0.2, -0.15) is 0 Å². The Hall–Kier alpha value is -2.88. The Balaban J connectivity index is 1.58. The Morgan fingerprint density at radius 2 is 1.97 bits per heavy atom. The van der Waals surface area contributed by atoms with Gasteiger partial charge in [-0.3, -0.25) is 13.8 Å². The van der Waals surface area contributed by atoms with E-state index in [9.17, 15) is 9.18 Å². The molecule has 2 aromatic carbocycles. The Morgan fingerprint density at radius 1 is 1.16 bits per heavy atom. The van der Waals surface area contributed by atoms with Crippen LogP contribution in [0.1, 0.15) is 11.1 Å². The lowest BCUT2D eigenvalue weighted by Crippen LogP contribution is -2.23. The summed E-state index contributed by atoms with van der Waals surface area (Å²) in [4.78, 5) is 13.2. The number of thiophene rings is 1. The van der Waals surface area contributed by atoms with Crippen molar-refractivity contribution < 1.29 is 9.13 Å². The maximum Gasteiger partial charge on any atom is 0.273 e. The van der Waals surface area contributed by atoms with Gasteiger partial charge >= 0.3 is 0 Å². The first-order valence-corrected chi connectivity index (χ1v) is 11.8. The molecular weight excluding hydrogens is 471 g/mol. The number of hydrogen-bond acceptors (Lipinski definition) is 6. The van der Waals surface area contributed by atoms with Gasteiger partial charge in [-0.15, -0.1) is 21.5 Å². The van der Waals surface area contributed by atoms with E-state index in [0.29, 0.717) is 32.8 Å². The van der Waals surface area contributed by atoms with Crippen molar-refractivity contribution >= 4 is 50.7 Å². The highest BCUT2D eigenvalue weighted by molar-refractivity contribution is 7.98. The highest BCUT2D eigenvalue weighted by Crippen LogP contribution is 2.30. The van der Waals surface area contributed by atoms with Crippen molar-refractivity contribution in [3.05, 3.63) is 86.2 Å². The van der Waals surface area contributed by atoms with E-state index in [1.807, 2.05) is 40.1 Å². The van der Waals surface area contributed by atoms with E-state index >= 15 is 0 Å². The lowest BCUT2D eigenvalue weighted by Gasteiger charge is -2.10. The Bertz CT molecular complexity index is 1470. The van der Waals surface area contributed by atoms with E-state index in [2.05, 4.69) is 10.2 Å². The van der Waals surface area contributed by atoms with Gasteiger partial charge < -0.3 is 4.74 Å². The normalized spacial score (nSPS) is 11.5. The zero-order valence-electron chi connectivity index (χ0n) is 16.8. The largest absolute Gasteiger partial charge is 0.497 e. The molecule has 0 aliphatic carbocycles. The SMILES string of the molecule is COc1ccc(Cn2c(=O)c3sccc3n3c(SCc4c(F)cccc4Cl)nnc23)cc1. The van der Waals surface area contributed by atoms with Crippen LogP contribution in [0, 0.1) is 5.82 Å². The van der Waals surface area contributed by atoms with Gasteiger partial charge in [0, 0.05) is 16.3 Å². The molecule has 0 N–H and O–H groups in total. The molecule has 0 saturated carbocycles. The van der Waals surface area contributed by atoms with Gasteiger partial charge in [0.05, 0.1) is 19.2 Å². The third kappa shape index (κ3) is 3.66. The number of aromatic nitrogens is 4. The molecule has 3 aromatic heterocycles. The number of thioether (sulfide) groups is 1. The van der Waals surface area contributed by atoms with Crippen molar-refractivity contribution in [3.8, 4) is 5.75 Å². The van der Waals surface area contributed by atoms with Crippen LogP contribution in [0.15, 0.2) is 63.9 Å². The maximum absolute atomic E-state index is 14.2. The molecule has 6 nitrogen and oxygen atoms in total. The summed E-state index contributed by atoms with van der Waals surface area (Å²) in [5.74, 6) is 1.10. The van der Waals surface area contributed by atoms with Crippen molar-refractivity contribution in [3.63, 3.8) is 0 Å². The molecule has 0 unspecified atom stereocenters. The van der Waals surface area contributed by atoms with Crippen molar-refractivity contribution in [1.29, 1.82) is 0 Å². The summed E-state index contributed by atoms with van der Waals surface area (Å²) in [7, 11) is 1.61. The minimum atomic E-state index is -0.365. The molecule has 10 heteroatoms. The number of benzene rings is 2. The monoisotopic (exact) mass is 486 g/mol. The lowest BCUT2D eigenvalue weighted by molar-refractivity contribution is 0.414. The van der Waals surface area contributed by atoms with Crippen LogP contribution in [0.3, 0.4) is 0 Å². The summed E-state index contributed by atoms with van der Waals surface area (Å²) in [6.07, 6.45) is 0. The van der Waals surface area contributed by atoms with Gasteiger partial charge in [0.1, 0.15) is 16.3 Å². The fourth-order valence-electron chi connectivity index (χ4n) is 3.46. The Labute approximate surface area is 195 Å². The highest BCUT2D eigenvalue weighted by atomic mass is 35.5. The van der Waals surface area contributed by atoms with Crippen LogP contribution in [-0.4, -0.2) is 26.3 Å². The Kier molecular flexibility index (Phi) is 5.62. The van der Waals surface area contributed by atoms with Crippen LogP contribution in [0.4, 0.5) is 4.39 Å². The number of rotatable bonds is 6. The molecule has 5 aromatic rings. The van der Waals surface area contributed by atoms with Gasteiger partial charge in [0.2, 0.25) is 5.78 Å². The molecule has 162 valence electrons. The first-order chi connectivity index (χ1) is 15.6. The third-order valence-corrected chi connectivity index (χ3v) is 7.29. The zero-order valence-corrected chi connectivity index (χ0v) is 19.2. The molecule has 5 rings (SSSR count). The van der Waals surface area contributed by atoms with Gasteiger partial charge in [-0.05, 0) is 41.3 Å². The van der Waals surface area contributed by atoms with Crippen LogP contribution in [0.5, 0.6) is 5.75 Å². The molecule has 32 heavy (non-hydrogen) atoms. The summed E-state index contributed by atoms with van der Waals surface area (Å²) in [6.45, 7) is 0.335. The fraction of sp³-hybridized carbons (Fsp3) is 0.136. The quantitative estimate of drug-likeness (QED) is 0.307. The molecule has 0 saturated heterocycles. The first-order valence-electron chi connectivity index (χ1n) is 9.60. The molecule has 0 bridgehead atoms. The van der Waals surface area contributed by atoms with Crippen molar-refractivity contribution in [2.45, 2.75) is 17.5 Å². The second-order valence-corrected chi connectivity index (χ2v) is 9.25. The number of nitrogens with zero attached hydrogens (tertiary/aromatic N) is 4. The molecule has 0 amide bonds. The summed E-state index contributed by atoms with van der Waals surface area (Å²) >= 11 is 8.87. The minimum Gasteiger partial charge on any atom is -0.497 e. The first kappa shape index (κ1) is 21.0. The van der Waals surface area contributed by atoms with Gasteiger partial charge in [-0.1, -0.05) is 41.6 Å². The summed E-state index contributed by atoms with van der Waals surface area (Å²) in [5.41, 5.74) is 1.94. The van der Waals surface area contributed by atoms with E-state index in [1.54, 1.807) is 23.8 Å². The van der Waals surface area contributed by atoms with Crippen LogP contribution in [0.2, 0.25) is 5.02 Å². The molecule has 0 atom stereocenters. The van der Waals surface area contributed by atoms with Gasteiger partial charge in [0.25, 0.3) is 5.56 Å². The van der Waals surface area contributed by atoms with Crippen LogP contribution < -0.4 is 10.3 Å². The van der Waals surface area contributed by atoms with E-state index in [-0.39, 0.29) is 17.1 Å². The number of methoxy groups -OCH3 is 1. The molecule has 0 fully saturated rings. The minimum absolute atomic E-state index is 0.126. The van der Waals surface area contributed by atoms with Crippen molar-refractivity contribution in [2.75, 3.05) is 7.11 Å². The predicted octanol–water partition coefficient (Wildman–Crippen LogP) is 5.25. The summed E-state index contributed by atoms with van der Waals surface area (Å²) in [6, 6.07) is 14.0. The van der Waals surface area contributed by atoms with E-state index in [1.165, 1.54) is 29.2 Å². The topological polar surface area (TPSA) is 61.4 Å². The predicted molar refractivity (Wildman–Crippen MR) is 126 cm³/mol. The van der Waals surface area contributed by atoms with Crippen LogP contribution in [-0.2, 0) is 12.3 Å². The van der Waals surface area contributed by atoms with Gasteiger partial charge in [-0.25, -0.2) is 4.39 Å². The van der Waals surface area contributed by atoms with E-state index in [0.717, 1.165) is 16.8 Å². The molecular formula is C22H16ClFN4O2S2. The molecule has 3 heterocycles. The second-order valence-electron chi connectivity index (χ2n) is 6.98. The highest BCUT2D eigenvalue weighted by Gasteiger charge is 2.19. The average molecular weight is 487 g/mol. The smallest absolute Gasteiger partial charge is 0.273 e. The van der Waals surface area contributed by atoms with Crippen molar-refractivity contribution in [1.82, 2.24) is 19.2 Å². The summed E-state index contributed by atoms with van der Waals surface area (Å²) in [5, 5.41) is 11.4. The number of fused-ring (bicyclic) bond motifs is 3. The number of hydrogen-bond donors (Lipinski definition) is 0. The zero-order chi connectivity index (χ0) is 22.2. The van der Waals surface area contributed by atoms with Crippen molar-refractivity contribution in [2.24, 2.45) is 0 Å². The third-order valence-electron chi connectivity index (χ3n) is 5.09. The van der Waals surface area contributed by atoms with Crippen LogP contribution >= 0.6 is 34.7 Å². The molecule has 0 aliphatic heterocycles. The van der Waals surface area contributed by atoms with Gasteiger partial charge in [0.15, 0.2) is 5.16 Å². The molecule has 0 radical (unpaired) electrons.